The summed E-state index contributed by atoms with van der Waals surface area (Å²) >= 11 is 0. The van der Waals surface area contributed by atoms with Gasteiger partial charge in [0.2, 0.25) is 5.91 Å². The fraction of sp³-hybridized carbons (Fsp3) is 0.438. The Kier molecular flexibility index (Phi) is 5.77. The minimum absolute atomic E-state index is 0.0844. The number of aliphatic hydroxyl groups is 1. The van der Waals surface area contributed by atoms with Gasteiger partial charge in [-0.05, 0) is 29.9 Å². The van der Waals surface area contributed by atoms with Crippen LogP contribution < -0.4 is 5.32 Å². The van der Waals surface area contributed by atoms with Crippen LogP contribution in [0.5, 0.6) is 0 Å². The molecule has 1 aromatic rings. The van der Waals surface area contributed by atoms with E-state index in [1.807, 2.05) is 51.1 Å². The quantitative estimate of drug-likeness (QED) is 0.773. The lowest BCUT2D eigenvalue weighted by atomic mass is 9.90. The molecule has 1 amide bonds. The van der Waals surface area contributed by atoms with E-state index in [1.54, 1.807) is 6.08 Å². The van der Waals surface area contributed by atoms with Gasteiger partial charge in [0.15, 0.2) is 0 Å². The zero-order valence-electron chi connectivity index (χ0n) is 11.9. The van der Waals surface area contributed by atoms with Crippen LogP contribution in [0.1, 0.15) is 32.8 Å². The summed E-state index contributed by atoms with van der Waals surface area (Å²) in [4.78, 5) is 11.8. The van der Waals surface area contributed by atoms with Crippen LogP contribution in [0.25, 0.3) is 5.57 Å². The Morgan fingerprint density at radius 1 is 1.32 bits per heavy atom. The highest BCUT2D eigenvalue weighted by molar-refractivity contribution is 5.94. The molecule has 0 aliphatic rings. The number of aliphatic hydroxyl groups excluding tert-OH is 1. The van der Waals surface area contributed by atoms with Gasteiger partial charge < -0.3 is 10.4 Å². The van der Waals surface area contributed by atoms with E-state index in [2.05, 4.69) is 5.32 Å². The van der Waals surface area contributed by atoms with Gasteiger partial charge in [0.05, 0.1) is 0 Å². The van der Waals surface area contributed by atoms with Crippen LogP contribution in [0.15, 0.2) is 36.4 Å². The van der Waals surface area contributed by atoms with Crippen molar-refractivity contribution in [3.63, 3.8) is 0 Å². The molecule has 0 atom stereocenters. The average Bonchev–Trinajstić information content (AvgIpc) is 2.37. The molecule has 0 saturated carbocycles. The van der Waals surface area contributed by atoms with Gasteiger partial charge in [-0.1, -0.05) is 44.2 Å². The van der Waals surface area contributed by atoms with Crippen molar-refractivity contribution in [1.29, 1.82) is 0 Å². The van der Waals surface area contributed by atoms with Crippen molar-refractivity contribution in [1.82, 2.24) is 5.32 Å². The van der Waals surface area contributed by atoms with Gasteiger partial charge in [0.1, 0.15) is 0 Å². The first-order valence-electron chi connectivity index (χ1n) is 6.57. The third-order valence-electron chi connectivity index (χ3n) is 3.11. The predicted molar refractivity (Wildman–Crippen MR) is 78.6 cm³/mol. The SMILES string of the molecule is C/C(=C/C(=O)NCC(C)(C)CCO)c1ccccc1. The van der Waals surface area contributed by atoms with Crippen molar-refractivity contribution in [3.05, 3.63) is 42.0 Å². The molecule has 1 aromatic carbocycles. The summed E-state index contributed by atoms with van der Waals surface area (Å²) in [6, 6.07) is 9.82. The van der Waals surface area contributed by atoms with E-state index >= 15 is 0 Å². The largest absolute Gasteiger partial charge is 0.396 e. The van der Waals surface area contributed by atoms with Crippen molar-refractivity contribution >= 4 is 11.5 Å². The van der Waals surface area contributed by atoms with E-state index in [-0.39, 0.29) is 17.9 Å². The second kappa shape index (κ2) is 7.10. The van der Waals surface area contributed by atoms with E-state index in [4.69, 9.17) is 5.11 Å². The Bertz CT molecular complexity index is 435. The first-order chi connectivity index (χ1) is 8.94. The molecular formula is C16H23NO2. The molecule has 0 unspecified atom stereocenters. The van der Waals surface area contributed by atoms with Crippen LogP contribution in [-0.2, 0) is 4.79 Å². The molecule has 0 radical (unpaired) electrons. The number of allylic oxidation sites excluding steroid dienone is 1. The molecule has 0 heterocycles. The minimum Gasteiger partial charge on any atom is -0.396 e. The lowest BCUT2D eigenvalue weighted by molar-refractivity contribution is -0.116. The zero-order valence-corrected chi connectivity index (χ0v) is 11.9. The van der Waals surface area contributed by atoms with Gasteiger partial charge in [-0.25, -0.2) is 0 Å². The zero-order chi connectivity index (χ0) is 14.3. The molecule has 3 nitrogen and oxygen atoms in total. The van der Waals surface area contributed by atoms with Crippen LogP contribution in [0.2, 0.25) is 0 Å². The standard InChI is InChI=1S/C16H23NO2/c1-13(14-7-5-4-6-8-14)11-15(19)17-12-16(2,3)9-10-18/h4-8,11,18H,9-10,12H2,1-3H3,(H,17,19)/b13-11-. The number of nitrogens with one attached hydrogen (secondary N) is 1. The second-order valence-corrected chi connectivity index (χ2v) is 5.55. The third-order valence-corrected chi connectivity index (χ3v) is 3.11. The molecule has 0 spiro atoms. The summed E-state index contributed by atoms with van der Waals surface area (Å²) < 4.78 is 0. The van der Waals surface area contributed by atoms with Crippen LogP contribution in [0.4, 0.5) is 0 Å². The number of hydrogen-bond acceptors (Lipinski definition) is 2. The van der Waals surface area contributed by atoms with E-state index in [0.717, 1.165) is 11.1 Å². The summed E-state index contributed by atoms with van der Waals surface area (Å²) in [5, 5.41) is 11.8. The van der Waals surface area contributed by atoms with Gasteiger partial charge in [0, 0.05) is 19.2 Å². The number of carbonyl (C=O) groups is 1. The molecule has 3 heteroatoms. The number of carbonyl (C=O) groups excluding carboxylic acids is 1. The maximum Gasteiger partial charge on any atom is 0.244 e. The number of amides is 1. The molecular weight excluding hydrogens is 238 g/mol. The maximum atomic E-state index is 11.8. The molecule has 0 aliphatic carbocycles. The molecule has 0 fully saturated rings. The molecule has 1 rings (SSSR count). The molecule has 19 heavy (non-hydrogen) atoms. The highest BCUT2D eigenvalue weighted by Gasteiger charge is 2.17. The van der Waals surface area contributed by atoms with Crippen LogP contribution in [0, 0.1) is 5.41 Å². The second-order valence-electron chi connectivity index (χ2n) is 5.55. The summed E-state index contributed by atoms with van der Waals surface area (Å²) in [5.41, 5.74) is 1.91. The normalized spacial score (nSPS) is 12.3. The minimum atomic E-state index is -0.0904. The Morgan fingerprint density at radius 3 is 2.53 bits per heavy atom. The average molecular weight is 261 g/mol. The fourth-order valence-corrected chi connectivity index (χ4v) is 1.75. The van der Waals surface area contributed by atoms with E-state index in [0.29, 0.717) is 13.0 Å². The first kappa shape index (κ1) is 15.4. The Hall–Kier alpha value is -1.61. The maximum absolute atomic E-state index is 11.8. The van der Waals surface area contributed by atoms with Crippen LogP contribution in [0.3, 0.4) is 0 Å². The summed E-state index contributed by atoms with van der Waals surface area (Å²) in [7, 11) is 0. The molecule has 0 aliphatic heterocycles. The van der Waals surface area contributed by atoms with Crippen molar-refractivity contribution in [2.24, 2.45) is 5.41 Å². The van der Waals surface area contributed by atoms with Gasteiger partial charge in [-0.15, -0.1) is 0 Å². The van der Waals surface area contributed by atoms with E-state index in [1.165, 1.54) is 0 Å². The van der Waals surface area contributed by atoms with Gasteiger partial charge in [-0.2, -0.15) is 0 Å². The van der Waals surface area contributed by atoms with Crippen molar-refractivity contribution < 1.29 is 9.90 Å². The molecule has 0 bridgehead atoms. The fourth-order valence-electron chi connectivity index (χ4n) is 1.75. The molecule has 0 aromatic heterocycles. The predicted octanol–water partition coefficient (Wildman–Crippen LogP) is 2.61. The number of rotatable bonds is 6. The lowest BCUT2D eigenvalue weighted by Crippen LogP contribution is -2.33. The Morgan fingerprint density at radius 2 is 1.95 bits per heavy atom. The lowest BCUT2D eigenvalue weighted by Gasteiger charge is -2.23. The smallest absolute Gasteiger partial charge is 0.244 e. The van der Waals surface area contributed by atoms with Gasteiger partial charge in [-0.3, -0.25) is 4.79 Å². The topological polar surface area (TPSA) is 49.3 Å². The molecule has 0 saturated heterocycles. The monoisotopic (exact) mass is 261 g/mol. The highest BCUT2D eigenvalue weighted by atomic mass is 16.3. The Balaban J connectivity index is 2.56. The first-order valence-corrected chi connectivity index (χ1v) is 6.57. The Labute approximate surface area is 115 Å². The highest BCUT2D eigenvalue weighted by Crippen LogP contribution is 2.18. The third kappa shape index (κ3) is 5.71. The number of hydrogen-bond donors (Lipinski definition) is 2. The summed E-state index contributed by atoms with van der Waals surface area (Å²) in [6.45, 7) is 6.68. The van der Waals surface area contributed by atoms with Gasteiger partial charge in [0.25, 0.3) is 0 Å². The number of benzene rings is 1. The van der Waals surface area contributed by atoms with E-state index in [9.17, 15) is 4.79 Å². The molecule has 104 valence electrons. The summed E-state index contributed by atoms with van der Waals surface area (Å²) in [5.74, 6) is -0.0904. The van der Waals surface area contributed by atoms with Gasteiger partial charge >= 0.3 is 0 Å². The van der Waals surface area contributed by atoms with Crippen LogP contribution in [-0.4, -0.2) is 24.2 Å². The van der Waals surface area contributed by atoms with E-state index < -0.39 is 0 Å². The van der Waals surface area contributed by atoms with Crippen molar-refractivity contribution in [3.8, 4) is 0 Å². The molecule has 2 N–H and O–H groups in total. The van der Waals surface area contributed by atoms with Crippen molar-refractivity contribution in [2.75, 3.05) is 13.2 Å². The van der Waals surface area contributed by atoms with Crippen LogP contribution >= 0.6 is 0 Å². The van der Waals surface area contributed by atoms with Crippen molar-refractivity contribution in [2.45, 2.75) is 27.2 Å². The summed E-state index contributed by atoms with van der Waals surface area (Å²) in [6.07, 6.45) is 2.29.